The lowest BCUT2D eigenvalue weighted by molar-refractivity contribution is -0.0367. The van der Waals surface area contributed by atoms with E-state index in [1.165, 1.54) is 5.56 Å². The van der Waals surface area contributed by atoms with Crippen LogP contribution in [0.1, 0.15) is 85.2 Å². The van der Waals surface area contributed by atoms with Gasteiger partial charge in [-0.2, -0.15) is 15.3 Å². The third-order valence-corrected chi connectivity index (χ3v) is 17.5. The molecule has 0 aliphatic carbocycles. The molecule has 9 nitrogen and oxygen atoms in total. The maximum Gasteiger partial charge on any atom is 0.219 e. The SMILES string of the molecule is CC(CN(C)Cc1cnn(C)c1I)Oc1c(-c2ccc3c(c2)c(C#C[Si](C(C)C)(C(C)C)C(C)C)nn3C2CCCCO2)cnn1C. The third kappa shape index (κ3) is 7.36. The van der Waals surface area contributed by atoms with Crippen LogP contribution in [-0.2, 0) is 25.4 Å². The molecule has 5 rings (SSSR count). The molecule has 0 bridgehead atoms. The van der Waals surface area contributed by atoms with Crippen LogP contribution in [0.4, 0.5) is 0 Å². The second-order valence-corrected chi connectivity index (χ2v) is 20.8. The molecule has 4 aromatic rings. The molecule has 1 aliphatic rings. The number of ether oxygens (including phenoxy) is 2. The predicted octanol–water partition coefficient (Wildman–Crippen LogP) is 7.94. The molecule has 2 atom stereocenters. The summed E-state index contributed by atoms with van der Waals surface area (Å²) in [5.74, 6) is 4.42. The molecular weight excluding hydrogens is 717 g/mol. The Morgan fingerprint density at radius 1 is 1.02 bits per heavy atom. The highest BCUT2D eigenvalue weighted by Gasteiger charge is 2.41. The summed E-state index contributed by atoms with van der Waals surface area (Å²) >= 11 is 2.35. The van der Waals surface area contributed by atoms with Crippen molar-refractivity contribution in [2.24, 2.45) is 14.1 Å². The Bertz CT molecular complexity index is 1720. The molecule has 254 valence electrons. The van der Waals surface area contributed by atoms with Crippen LogP contribution < -0.4 is 4.74 Å². The number of hydrogen-bond donors (Lipinski definition) is 0. The number of benzene rings is 1. The van der Waals surface area contributed by atoms with Gasteiger partial charge in [-0.25, -0.2) is 9.36 Å². The van der Waals surface area contributed by atoms with E-state index in [2.05, 4.69) is 128 Å². The van der Waals surface area contributed by atoms with E-state index in [1.54, 1.807) is 0 Å². The minimum Gasteiger partial charge on any atom is -0.473 e. The van der Waals surface area contributed by atoms with Crippen LogP contribution in [0.2, 0.25) is 16.6 Å². The lowest BCUT2D eigenvalue weighted by Crippen LogP contribution is -2.43. The normalized spacial score (nSPS) is 16.4. The zero-order valence-corrected chi connectivity index (χ0v) is 33.0. The lowest BCUT2D eigenvalue weighted by Gasteiger charge is -2.38. The Morgan fingerprint density at radius 3 is 2.34 bits per heavy atom. The summed E-state index contributed by atoms with van der Waals surface area (Å²) in [6, 6.07) is 6.54. The monoisotopic (exact) mass is 769 g/mol. The highest BCUT2D eigenvalue weighted by Crippen LogP contribution is 2.41. The van der Waals surface area contributed by atoms with Crippen molar-refractivity contribution in [2.45, 2.75) is 103 Å². The predicted molar refractivity (Wildman–Crippen MR) is 201 cm³/mol. The molecular formula is C36H52IN7O2Si. The van der Waals surface area contributed by atoms with Crippen molar-refractivity contribution in [3.63, 3.8) is 0 Å². The van der Waals surface area contributed by atoms with E-state index >= 15 is 0 Å². The van der Waals surface area contributed by atoms with Crippen molar-refractivity contribution >= 4 is 41.6 Å². The van der Waals surface area contributed by atoms with Gasteiger partial charge in [0, 0.05) is 44.7 Å². The van der Waals surface area contributed by atoms with Gasteiger partial charge in [0.15, 0.2) is 6.23 Å². The molecule has 0 spiro atoms. The summed E-state index contributed by atoms with van der Waals surface area (Å²) in [7, 11) is 4.08. The van der Waals surface area contributed by atoms with Crippen LogP contribution in [0, 0.1) is 15.2 Å². The average Bonchev–Trinajstić information content (AvgIpc) is 3.68. The summed E-state index contributed by atoms with van der Waals surface area (Å²) < 4.78 is 19.8. The maximum absolute atomic E-state index is 6.60. The standard InChI is InChI=1S/C36H52IN7O2Si/c1-24(2)47(25(3)4,26(5)6)18-16-32-30-19-28(14-15-33(30)44(40-32)34-13-11-12-17-45-34)31-21-39-43(10)36(31)46-27(7)22-41(8)23-29-20-38-42(9)35(29)37/h14-15,19-21,24-27,34H,11-13,17,22-23H2,1-10H3. The first kappa shape index (κ1) is 35.6. The van der Waals surface area contributed by atoms with Crippen molar-refractivity contribution in [3.8, 4) is 28.5 Å². The van der Waals surface area contributed by atoms with Crippen molar-refractivity contribution in [2.75, 3.05) is 20.2 Å². The van der Waals surface area contributed by atoms with Gasteiger partial charge >= 0.3 is 0 Å². The van der Waals surface area contributed by atoms with E-state index in [4.69, 9.17) is 14.6 Å². The molecule has 1 fully saturated rings. The van der Waals surface area contributed by atoms with Gasteiger partial charge < -0.3 is 9.47 Å². The Morgan fingerprint density at radius 2 is 1.72 bits per heavy atom. The Hall–Kier alpha value is -2.66. The van der Waals surface area contributed by atoms with Gasteiger partial charge in [0.2, 0.25) is 5.88 Å². The molecule has 0 radical (unpaired) electrons. The number of likely N-dealkylation sites (N-methyl/N-ethyl adjacent to an activating group) is 1. The molecule has 47 heavy (non-hydrogen) atoms. The van der Waals surface area contributed by atoms with E-state index in [9.17, 15) is 0 Å². The molecule has 0 saturated carbocycles. The van der Waals surface area contributed by atoms with Crippen LogP contribution in [0.3, 0.4) is 0 Å². The molecule has 3 aromatic heterocycles. The third-order valence-electron chi connectivity index (χ3n) is 9.85. The number of fused-ring (bicyclic) bond motifs is 1. The fraction of sp³-hybridized carbons (Fsp3) is 0.583. The van der Waals surface area contributed by atoms with Gasteiger partial charge in [0.05, 0.1) is 23.5 Å². The van der Waals surface area contributed by atoms with Crippen LogP contribution in [0.5, 0.6) is 5.88 Å². The van der Waals surface area contributed by atoms with Crippen molar-refractivity contribution < 1.29 is 9.47 Å². The van der Waals surface area contributed by atoms with Gasteiger partial charge in [-0.3, -0.25) is 9.58 Å². The fourth-order valence-electron chi connectivity index (χ4n) is 7.50. The molecule has 11 heteroatoms. The highest BCUT2D eigenvalue weighted by atomic mass is 127. The summed E-state index contributed by atoms with van der Waals surface area (Å²) in [6.45, 7) is 18.6. The Kier molecular flexibility index (Phi) is 11.3. The topological polar surface area (TPSA) is 75.2 Å². The average molecular weight is 770 g/mol. The lowest BCUT2D eigenvalue weighted by atomic mass is 10.1. The fourth-order valence-corrected chi connectivity index (χ4v) is 13.1. The van der Waals surface area contributed by atoms with Crippen LogP contribution in [-0.4, -0.2) is 68.6 Å². The Balaban J connectivity index is 1.49. The molecule has 0 amide bonds. The molecule has 4 heterocycles. The number of nitrogens with zero attached hydrogens (tertiary/aromatic N) is 7. The zero-order chi connectivity index (χ0) is 34.0. The van der Waals surface area contributed by atoms with E-state index in [-0.39, 0.29) is 12.3 Å². The molecule has 0 N–H and O–H groups in total. The van der Waals surface area contributed by atoms with E-state index in [0.29, 0.717) is 16.6 Å². The first-order valence-electron chi connectivity index (χ1n) is 17.0. The van der Waals surface area contributed by atoms with Crippen molar-refractivity contribution in [3.05, 3.63) is 45.6 Å². The number of hydrogen-bond acceptors (Lipinski definition) is 6. The van der Waals surface area contributed by atoms with Crippen LogP contribution >= 0.6 is 22.6 Å². The zero-order valence-electron chi connectivity index (χ0n) is 29.8. The first-order chi connectivity index (χ1) is 22.3. The number of halogens is 1. The summed E-state index contributed by atoms with van der Waals surface area (Å²) in [5.41, 5.74) is 10.7. The summed E-state index contributed by atoms with van der Waals surface area (Å²) in [4.78, 5) is 2.27. The van der Waals surface area contributed by atoms with Crippen molar-refractivity contribution in [1.29, 1.82) is 0 Å². The molecule has 1 saturated heterocycles. The van der Waals surface area contributed by atoms with Crippen molar-refractivity contribution in [1.82, 2.24) is 34.2 Å². The van der Waals surface area contributed by atoms with Crippen LogP contribution in [0.25, 0.3) is 22.0 Å². The van der Waals surface area contributed by atoms with Gasteiger partial charge in [-0.05, 0) is 90.1 Å². The quantitative estimate of drug-likeness (QED) is 0.0877. The van der Waals surface area contributed by atoms with E-state index < -0.39 is 8.07 Å². The maximum atomic E-state index is 6.60. The molecule has 2 unspecified atom stereocenters. The summed E-state index contributed by atoms with van der Waals surface area (Å²) in [5, 5.41) is 15.2. The number of rotatable bonds is 11. The van der Waals surface area contributed by atoms with E-state index in [0.717, 1.165) is 76.3 Å². The number of aromatic nitrogens is 6. The smallest absolute Gasteiger partial charge is 0.219 e. The second-order valence-electron chi connectivity index (χ2n) is 14.2. The number of aryl methyl sites for hydroxylation is 2. The second kappa shape index (κ2) is 14.8. The first-order valence-corrected chi connectivity index (χ1v) is 20.4. The van der Waals surface area contributed by atoms with Gasteiger partial charge in [-0.1, -0.05) is 53.5 Å². The van der Waals surface area contributed by atoms with Gasteiger partial charge in [0.1, 0.15) is 23.6 Å². The minimum absolute atomic E-state index is 0.0546. The van der Waals surface area contributed by atoms with E-state index in [1.807, 2.05) is 35.9 Å². The minimum atomic E-state index is -1.95. The van der Waals surface area contributed by atoms with Crippen LogP contribution in [0.15, 0.2) is 30.6 Å². The summed E-state index contributed by atoms with van der Waals surface area (Å²) in [6.07, 6.45) is 6.91. The largest absolute Gasteiger partial charge is 0.473 e. The van der Waals surface area contributed by atoms with Gasteiger partial charge in [0.25, 0.3) is 0 Å². The highest BCUT2D eigenvalue weighted by molar-refractivity contribution is 14.1. The Labute approximate surface area is 295 Å². The van der Waals surface area contributed by atoms with Gasteiger partial charge in [-0.15, -0.1) is 5.54 Å². The molecule has 1 aromatic carbocycles. The molecule has 1 aliphatic heterocycles.